The second kappa shape index (κ2) is 6.20. The van der Waals surface area contributed by atoms with E-state index < -0.39 is 0 Å². The average Bonchev–Trinajstić information content (AvgIpc) is 2.73. The zero-order chi connectivity index (χ0) is 14.7. The summed E-state index contributed by atoms with van der Waals surface area (Å²) in [7, 11) is 0. The summed E-state index contributed by atoms with van der Waals surface area (Å²) in [6, 6.07) is 8.43. The predicted molar refractivity (Wildman–Crippen MR) is 88.6 cm³/mol. The Balaban J connectivity index is 1.55. The molecule has 0 amide bonds. The molecule has 0 saturated heterocycles. The molecule has 21 heavy (non-hydrogen) atoms. The Hall–Kier alpha value is -1.97. The Labute approximate surface area is 125 Å². The summed E-state index contributed by atoms with van der Waals surface area (Å²) in [5.74, 6) is 1.35. The minimum Gasteiger partial charge on any atom is -0.370 e. The molecular formula is C17H24N4. The van der Waals surface area contributed by atoms with E-state index in [0.717, 1.165) is 25.4 Å². The molecule has 0 unspecified atom stereocenters. The highest BCUT2D eigenvalue weighted by Crippen LogP contribution is 2.26. The van der Waals surface area contributed by atoms with Crippen molar-refractivity contribution in [2.75, 3.05) is 13.1 Å². The fraction of sp³-hybridized carbons (Fsp3) is 0.471. The number of guanidine groups is 1. The fourth-order valence-corrected chi connectivity index (χ4v) is 2.93. The first-order valence-electron chi connectivity index (χ1n) is 7.84. The molecule has 1 fully saturated rings. The molecule has 4 N–H and O–H groups in total. The quantitative estimate of drug-likeness (QED) is 0.584. The Morgan fingerprint density at radius 3 is 2.95 bits per heavy atom. The number of aliphatic imine (C=N–C) groups is 1. The highest BCUT2D eigenvalue weighted by molar-refractivity contribution is 5.84. The van der Waals surface area contributed by atoms with Crippen molar-refractivity contribution in [3.05, 3.63) is 35.5 Å². The van der Waals surface area contributed by atoms with E-state index in [1.165, 1.54) is 41.4 Å². The van der Waals surface area contributed by atoms with Crippen LogP contribution in [0.3, 0.4) is 0 Å². The van der Waals surface area contributed by atoms with Gasteiger partial charge in [0, 0.05) is 29.7 Å². The molecule has 1 aliphatic rings. The van der Waals surface area contributed by atoms with E-state index in [2.05, 4.69) is 46.5 Å². The van der Waals surface area contributed by atoms with E-state index >= 15 is 0 Å². The van der Waals surface area contributed by atoms with Crippen LogP contribution in [0.15, 0.2) is 29.3 Å². The van der Waals surface area contributed by atoms with Gasteiger partial charge in [-0.2, -0.15) is 0 Å². The van der Waals surface area contributed by atoms with Crippen molar-refractivity contribution >= 4 is 16.9 Å². The molecule has 0 spiro atoms. The van der Waals surface area contributed by atoms with Crippen LogP contribution in [0, 0.1) is 12.8 Å². The third-order valence-electron chi connectivity index (χ3n) is 4.45. The molecule has 0 radical (unpaired) electrons. The van der Waals surface area contributed by atoms with Gasteiger partial charge >= 0.3 is 0 Å². The smallest absolute Gasteiger partial charge is 0.188 e. The predicted octanol–water partition coefficient (Wildman–Crippen LogP) is 2.72. The summed E-state index contributed by atoms with van der Waals surface area (Å²) in [4.78, 5) is 7.86. The van der Waals surface area contributed by atoms with E-state index in [0.29, 0.717) is 5.96 Å². The summed E-state index contributed by atoms with van der Waals surface area (Å²) in [6.45, 7) is 3.83. The number of aromatic amines is 1. The standard InChI is InChI=1S/C17H24N4/c1-12-14(15-7-2-3-8-16(15)21-12)9-10-19-17(18)20-11-13-5-4-6-13/h2-3,7-8,13,21H,4-6,9-11H2,1H3,(H3,18,19,20). The van der Waals surface area contributed by atoms with Crippen LogP contribution >= 0.6 is 0 Å². The molecule has 0 atom stereocenters. The highest BCUT2D eigenvalue weighted by atomic mass is 15.1. The van der Waals surface area contributed by atoms with Crippen molar-refractivity contribution in [3.63, 3.8) is 0 Å². The van der Waals surface area contributed by atoms with Gasteiger partial charge in [0.25, 0.3) is 0 Å². The van der Waals surface area contributed by atoms with Gasteiger partial charge in [-0.3, -0.25) is 4.99 Å². The lowest BCUT2D eigenvalue weighted by atomic mass is 9.86. The zero-order valence-corrected chi connectivity index (χ0v) is 12.7. The third-order valence-corrected chi connectivity index (χ3v) is 4.45. The van der Waals surface area contributed by atoms with Crippen LogP contribution in [0.5, 0.6) is 0 Å². The summed E-state index contributed by atoms with van der Waals surface area (Å²) in [5, 5.41) is 4.54. The number of nitrogens with two attached hydrogens (primary N) is 1. The van der Waals surface area contributed by atoms with Crippen molar-refractivity contribution < 1.29 is 0 Å². The molecule has 1 aromatic heterocycles. The maximum absolute atomic E-state index is 5.92. The number of nitrogens with zero attached hydrogens (tertiary/aromatic N) is 1. The van der Waals surface area contributed by atoms with Gasteiger partial charge in [0.05, 0.1) is 0 Å². The van der Waals surface area contributed by atoms with Gasteiger partial charge < -0.3 is 16.0 Å². The lowest BCUT2D eigenvalue weighted by molar-refractivity contribution is 0.326. The van der Waals surface area contributed by atoms with Crippen molar-refractivity contribution in [1.29, 1.82) is 0 Å². The van der Waals surface area contributed by atoms with Gasteiger partial charge in [0.1, 0.15) is 0 Å². The molecule has 0 aliphatic heterocycles. The first-order chi connectivity index (χ1) is 10.2. The second-order valence-electron chi connectivity index (χ2n) is 5.97. The number of aryl methyl sites for hydroxylation is 1. The van der Waals surface area contributed by atoms with Crippen LogP contribution in [0.2, 0.25) is 0 Å². The number of hydrogen-bond acceptors (Lipinski definition) is 1. The number of fused-ring (bicyclic) bond motifs is 1. The van der Waals surface area contributed by atoms with Gasteiger partial charge in [0.15, 0.2) is 5.96 Å². The lowest BCUT2D eigenvalue weighted by Crippen LogP contribution is -2.34. The maximum atomic E-state index is 5.92. The van der Waals surface area contributed by atoms with Gasteiger partial charge in [-0.25, -0.2) is 0 Å². The number of H-pyrrole nitrogens is 1. The van der Waals surface area contributed by atoms with E-state index in [1.807, 2.05) is 0 Å². The van der Waals surface area contributed by atoms with Crippen LogP contribution in [-0.4, -0.2) is 24.0 Å². The molecule has 1 saturated carbocycles. The summed E-state index contributed by atoms with van der Waals surface area (Å²) in [5.41, 5.74) is 9.73. The van der Waals surface area contributed by atoms with Crippen LogP contribution in [0.1, 0.15) is 30.5 Å². The van der Waals surface area contributed by atoms with E-state index in [9.17, 15) is 0 Å². The van der Waals surface area contributed by atoms with Gasteiger partial charge in [0.2, 0.25) is 0 Å². The van der Waals surface area contributed by atoms with Crippen LogP contribution in [-0.2, 0) is 6.42 Å². The number of aromatic nitrogens is 1. The van der Waals surface area contributed by atoms with E-state index in [1.54, 1.807) is 0 Å². The van der Waals surface area contributed by atoms with Gasteiger partial charge in [-0.1, -0.05) is 24.6 Å². The van der Waals surface area contributed by atoms with Crippen molar-refractivity contribution in [2.45, 2.75) is 32.6 Å². The molecule has 1 heterocycles. The number of para-hydroxylation sites is 1. The van der Waals surface area contributed by atoms with Crippen LogP contribution in [0.4, 0.5) is 0 Å². The molecule has 112 valence electrons. The minimum atomic E-state index is 0.583. The molecular weight excluding hydrogens is 260 g/mol. The fourth-order valence-electron chi connectivity index (χ4n) is 2.93. The Bertz CT molecular complexity index is 637. The summed E-state index contributed by atoms with van der Waals surface area (Å²) >= 11 is 0. The lowest BCUT2D eigenvalue weighted by Gasteiger charge is -2.23. The van der Waals surface area contributed by atoms with Crippen molar-refractivity contribution in [1.82, 2.24) is 10.3 Å². The average molecular weight is 284 g/mol. The monoisotopic (exact) mass is 284 g/mol. The van der Waals surface area contributed by atoms with Crippen LogP contribution < -0.4 is 11.1 Å². The number of benzene rings is 1. The normalized spacial score (nSPS) is 16.1. The van der Waals surface area contributed by atoms with Gasteiger partial charge in [-0.05, 0) is 43.7 Å². The maximum Gasteiger partial charge on any atom is 0.188 e. The molecule has 0 bridgehead atoms. The molecule has 2 aromatic rings. The molecule has 1 aliphatic carbocycles. The Morgan fingerprint density at radius 2 is 2.19 bits per heavy atom. The molecule has 4 heteroatoms. The van der Waals surface area contributed by atoms with Crippen LogP contribution in [0.25, 0.3) is 10.9 Å². The Kier molecular flexibility index (Phi) is 4.13. The third kappa shape index (κ3) is 3.20. The largest absolute Gasteiger partial charge is 0.370 e. The second-order valence-corrected chi connectivity index (χ2v) is 5.97. The topological polar surface area (TPSA) is 66.2 Å². The number of nitrogens with one attached hydrogen (secondary N) is 2. The SMILES string of the molecule is Cc1[nH]c2ccccc2c1CCNC(N)=NCC1CCC1. The molecule has 4 nitrogen and oxygen atoms in total. The summed E-state index contributed by atoms with van der Waals surface area (Å²) < 4.78 is 0. The molecule has 3 rings (SSSR count). The van der Waals surface area contributed by atoms with E-state index in [-0.39, 0.29) is 0 Å². The minimum absolute atomic E-state index is 0.583. The number of hydrogen-bond donors (Lipinski definition) is 3. The number of rotatable bonds is 5. The van der Waals surface area contributed by atoms with Gasteiger partial charge in [-0.15, -0.1) is 0 Å². The summed E-state index contributed by atoms with van der Waals surface area (Å²) in [6.07, 6.45) is 4.93. The highest BCUT2D eigenvalue weighted by Gasteiger charge is 2.16. The Morgan fingerprint density at radius 1 is 1.38 bits per heavy atom. The first kappa shape index (κ1) is 14.0. The van der Waals surface area contributed by atoms with Crippen molar-refractivity contribution in [3.8, 4) is 0 Å². The van der Waals surface area contributed by atoms with E-state index in [4.69, 9.17) is 5.73 Å². The zero-order valence-electron chi connectivity index (χ0n) is 12.7. The first-order valence-corrected chi connectivity index (χ1v) is 7.84. The van der Waals surface area contributed by atoms with Crippen molar-refractivity contribution in [2.24, 2.45) is 16.6 Å². The molecule has 1 aromatic carbocycles.